The number of hydrogen-bond acceptors (Lipinski definition) is 4. The van der Waals surface area contributed by atoms with Crippen LogP contribution in [0.25, 0.3) is 0 Å². The summed E-state index contributed by atoms with van der Waals surface area (Å²) < 4.78 is 17.0. The fourth-order valence-corrected chi connectivity index (χ4v) is 2.77. The minimum atomic E-state index is -0.196. The lowest BCUT2D eigenvalue weighted by Gasteiger charge is -2.12. The van der Waals surface area contributed by atoms with Gasteiger partial charge in [0.2, 0.25) is 0 Å². The number of amides is 1. The van der Waals surface area contributed by atoms with Crippen molar-refractivity contribution < 1.29 is 19.0 Å². The van der Waals surface area contributed by atoms with Crippen LogP contribution in [0.15, 0.2) is 46.9 Å². The van der Waals surface area contributed by atoms with Gasteiger partial charge >= 0.3 is 0 Å². The predicted octanol–water partition coefficient (Wildman–Crippen LogP) is 5.15. The maximum absolute atomic E-state index is 12.5. The summed E-state index contributed by atoms with van der Waals surface area (Å²) in [4.78, 5) is 12.5. The highest BCUT2D eigenvalue weighted by Crippen LogP contribution is 2.27. The Kier molecular flexibility index (Phi) is 8.61. The van der Waals surface area contributed by atoms with Crippen LogP contribution in [0.2, 0.25) is 0 Å². The summed E-state index contributed by atoms with van der Waals surface area (Å²) in [7, 11) is 1.62. The molecule has 0 atom stereocenters. The van der Waals surface area contributed by atoms with Crippen LogP contribution < -0.4 is 14.8 Å². The predicted molar refractivity (Wildman–Crippen MR) is 111 cm³/mol. The SMILES string of the molecule is COCCOc1cccc(NC(=O)c2ccc(OCCC(C)C)c(Br)c2)c1. The Hall–Kier alpha value is -2.05. The Balaban J connectivity index is 1.97. The van der Waals surface area contributed by atoms with Crippen LogP contribution in [0.3, 0.4) is 0 Å². The van der Waals surface area contributed by atoms with Crippen LogP contribution in [0.1, 0.15) is 30.6 Å². The average molecular weight is 436 g/mol. The van der Waals surface area contributed by atoms with Crippen LogP contribution >= 0.6 is 15.9 Å². The van der Waals surface area contributed by atoms with E-state index in [4.69, 9.17) is 14.2 Å². The number of anilines is 1. The first-order chi connectivity index (χ1) is 13.0. The van der Waals surface area contributed by atoms with Gasteiger partial charge in [-0.1, -0.05) is 19.9 Å². The van der Waals surface area contributed by atoms with Crippen molar-refractivity contribution in [2.45, 2.75) is 20.3 Å². The Morgan fingerprint density at radius 3 is 2.59 bits per heavy atom. The van der Waals surface area contributed by atoms with E-state index in [2.05, 4.69) is 35.1 Å². The number of ether oxygens (including phenoxy) is 3. The van der Waals surface area contributed by atoms with Crippen LogP contribution in [0, 0.1) is 5.92 Å². The molecule has 1 N–H and O–H groups in total. The first-order valence-corrected chi connectivity index (χ1v) is 9.74. The number of halogens is 1. The van der Waals surface area contributed by atoms with Crippen LogP contribution in [0.4, 0.5) is 5.69 Å². The lowest BCUT2D eigenvalue weighted by atomic mass is 10.1. The molecule has 1 amide bonds. The zero-order chi connectivity index (χ0) is 19.6. The van der Waals surface area contributed by atoms with Crippen molar-refractivity contribution in [1.29, 1.82) is 0 Å². The fourth-order valence-electron chi connectivity index (χ4n) is 2.27. The van der Waals surface area contributed by atoms with E-state index in [1.807, 2.05) is 24.3 Å². The molecule has 6 heteroatoms. The average Bonchev–Trinajstić information content (AvgIpc) is 2.63. The number of carbonyl (C=O) groups excluding carboxylic acids is 1. The highest BCUT2D eigenvalue weighted by atomic mass is 79.9. The zero-order valence-corrected chi connectivity index (χ0v) is 17.5. The number of carbonyl (C=O) groups is 1. The smallest absolute Gasteiger partial charge is 0.255 e. The third-order valence-corrected chi connectivity index (χ3v) is 4.41. The van der Waals surface area contributed by atoms with Gasteiger partial charge in [-0.3, -0.25) is 4.79 Å². The Labute approximate surface area is 169 Å². The molecular weight excluding hydrogens is 410 g/mol. The zero-order valence-electron chi connectivity index (χ0n) is 16.0. The van der Waals surface area contributed by atoms with Crippen molar-refractivity contribution in [3.8, 4) is 11.5 Å². The third kappa shape index (κ3) is 7.23. The van der Waals surface area contributed by atoms with Gasteiger partial charge in [-0.2, -0.15) is 0 Å². The van der Waals surface area contributed by atoms with Gasteiger partial charge in [0.15, 0.2) is 0 Å². The maximum atomic E-state index is 12.5. The van der Waals surface area contributed by atoms with E-state index in [9.17, 15) is 4.79 Å². The minimum Gasteiger partial charge on any atom is -0.492 e. The summed E-state index contributed by atoms with van der Waals surface area (Å²) in [5.41, 5.74) is 1.21. The highest BCUT2D eigenvalue weighted by molar-refractivity contribution is 9.10. The first-order valence-electron chi connectivity index (χ1n) is 8.95. The highest BCUT2D eigenvalue weighted by Gasteiger charge is 2.10. The standard InChI is InChI=1S/C21H26BrNO4/c1-15(2)9-10-27-20-8-7-16(13-19(20)22)21(24)23-17-5-4-6-18(14-17)26-12-11-25-3/h4-8,13-15H,9-12H2,1-3H3,(H,23,24). The van der Waals surface area contributed by atoms with Crippen molar-refractivity contribution in [2.24, 2.45) is 5.92 Å². The third-order valence-electron chi connectivity index (χ3n) is 3.79. The molecule has 0 bridgehead atoms. The van der Waals surface area contributed by atoms with Gasteiger partial charge in [0.25, 0.3) is 5.91 Å². The Morgan fingerprint density at radius 2 is 1.89 bits per heavy atom. The Bertz CT molecular complexity index is 749. The van der Waals surface area contributed by atoms with Gasteiger partial charge in [0.1, 0.15) is 18.1 Å². The molecule has 0 spiro atoms. The second-order valence-corrected chi connectivity index (χ2v) is 7.35. The number of benzene rings is 2. The van der Waals surface area contributed by atoms with Gasteiger partial charge in [-0.15, -0.1) is 0 Å². The summed E-state index contributed by atoms with van der Waals surface area (Å²) >= 11 is 3.48. The van der Waals surface area contributed by atoms with E-state index < -0.39 is 0 Å². The van der Waals surface area contributed by atoms with Gasteiger partial charge in [0.05, 0.1) is 17.7 Å². The molecule has 0 aliphatic carbocycles. The van der Waals surface area contributed by atoms with E-state index >= 15 is 0 Å². The first kappa shape index (κ1) is 21.3. The monoisotopic (exact) mass is 435 g/mol. The molecule has 146 valence electrons. The molecule has 0 aromatic heterocycles. The summed E-state index contributed by atoms with van der Waals surface area (Å²) in [5.74, 6) is 1.81. The quantitative estimate of drug-likeness (QED) is 0.524. The summed E-state index contributed by atoms with van der Waals surface area (Å²) in [5, 5.41) is 2.88. The minimum absolute atomic E-state index is 0.196. The van der Waals surface area contributed by atoms with Crippen molar-refractivity contribution in [1.82, 2.24) is 0 Å². The maximum Gasteiger partial charge on any atom is 0.255 e. The number of nitrogens with one attached hydrogen (secondary N) is 1. The lowest BCUT2D eigenvalue weighted by molar-refractivity contribution is 0.102. The van der Waals surface area contributed by atoms with Crippen LogP contribution in [-0.2, 0) is 4.74 Å². The van der Waals surface area contributed by atoms with Gasteiger partial charge in [-0.05, 0) is 58.6 Å². The van der Waals surface area contributed by atoms with E-state index in [-0.39, 0.29) is 5.91 Å². The number of methoxy groups -OCH3 is 1. The topological polar surface area (TPSA) is 56.8 Å². The van der Waals surface area contributed by atoms with Crippen LogP contribution in [0.5, 0.6) is 11.5 Å². The van der Waals surface area contributed by atoms with E-state index in [1.165, 1.54) is 0 Å². The summed E-state index contributed by atoms with van der Waals surface area (Å²) in [6.45, 7) is 5.93. The van der Waals surface area contributed by atoms with Crippen LogP contribution in [-0.4, -0.2) is 32.8 Å². The molecule has 0 saturated heterocycles. The molecule has 0 fully saturated rings. The van der Waals surface area contributed by atoms with Crippen molar-refractivity contribution in [3.05, 3.63) is 52.5 Å². The van der Waals surface area contributed by atoms with Gasteiger partial charge in [0, 0.05) is 24.4 Å². The summed E-state index contributed by atoms with van der Waals surface area (Å²) in [6, 6.07) is 12.6. The normalized spacial score (nSPS) is 10.7. The van der Waals surface area contributed by atoms with Gasteiger partial charge < -0.3 is 19.5 Å². The van der Waals surface area contributed by atoms with E-state index in [1.54, 1.807) is 25.3 Å². The van der Waals surface area contributed by atoms with Crippen molar-refractivity contribution in [3.63, 3.8) is 0 Å². The molecule has 2 aromatic carbocycles. The number of rotatable bonds is 10. The van der Waals surface area contributed by atoms with Crippen molar-refractivity contribution in [2.75, 3.05) is 32.2 Å². The molecule has 0 unspecified atom stereocenters. The van der Waals surface area contributed by atoms with E-state index in [0.717, 1.165) is 16.6 Å². The molecule has 5 nitrogen and oxygen atoms in total. The second kappa shape index (κ2) is 10.9. The molecule has 2 aromatic rings. The lowest BCUT2D eigenvalue weighted by Crippen LogP contribution is -2.12. The second-order valence-electron chi connectivity index (χ2n) is 6.50. The van der Waals surface area contributed by atoms with Crippen molar-refractivity contribution >= 4 is 27.5 Å². The fraction of sp³-hybridized carbons (Fsp3) is 0.381. The molecule has 0 saturated carbocycles. The summed E-state index contributed by atoms with van der Waals surface area (Å²) in [6.07, 6.45) is 0.984. The molecule has 0 radical (unpaired) electrons. The molecule has 0 aliphatic rings. The molecule has 2 rings (SSSR count). The molecular formula is C21H26BrNO4. The number of hydrogen-bond donors (Lipinski definition) is 1. The Morgan fingerprint density at radius 1 is 1.07 bits per heavy atom. The van der Waals surface area contributed by atoms with E-state index in [0.29, 0.717) is 42.7 Å². The molecule has 27 heavy (non-hydrogen) atoms. The largest absolute Gasteiger partial charge is 0.492 e. The molecule has 0 heterocycles. The molecule has 0 aliphatic heterocycles. The van der Waals surface area contributed by atoms with Gasteiger partial charge in [-0.25, -0.2) is 0 Å².